The summed E-state index contributed by atoms with van der Waals surface area (Å²) in [5, 5.41) is 10.4. The molecule has 0 fully saturated rings. The van der Waals surface area contributed by atoms with Gasteiger partial charge in [-0.25, -0.2) is 0 Å². The highest BCUT2D eigenvalue weighted by Gasteiger charge is 2.14. The fourth-order valence-corrected chi connectivity index (χ4v) is 2.04. The molecule has 0 radical (unpaired) electrons. The number of amides is 1. The molecule has 3 aromatic rings. The van der Waals surface area contributed by atoms with Crippen LogP contribution in [0.4, 0.5) is 5.69 Å². The summed E-state index contributed by atoms with van der Waals surface area (Å²) < 4.78 is 0. The number of carbonyl (C=O) groups is 1. The van der Waals surface area contributed by atoms with E-state index in [2.05, 4.69) is 27.4 Å². The number of nitrogens with zero attached hydrogens (tertiary/aromatic N) is 2. The predicted octanol–water partition coefficient (Wildman–Crippen LogP) is 2.77. The summed E-state index contributed by atoms with van der Waals surface area (Å²) >= 11 is 0. The number of aromatic amines is 1. The van der Waals surface area contributed by atoms with Crippen LogP contribution in [-0.2, 0) is 6.42 Å². The Morgan fingerprint density at radius 3 is 2.80 bits per heavy atom. The lowest BCUT2D eigenvalue weighted by atomic mass is 10.1. The van der Waals surface area contributed by atoms with Crippen LogP contribution < -0.4 is 5.32 Å². The summed E-state index contributed by atoms with van der Waals surface area (Å²) in [7, 11) is 0. The Morgan fingerprint density at radius 1 is 1.25 bits per heavy atom. The molecule has 3 rings (SSSR count). The number of carbonyl (C=O) groups excluding carboxylic acids is 1. The van der Waals surface area contributed by atoms with Crippen LogP contribution in [0, 0.1) is 0 Å². The van der Waals surface area contributed by atoms with Crippen LogP contribution >= 0.6 is 0 Å². The van der Waals surface area contributed by atoms with Crippen LogP contribution in [-0.4, -0.2) is 21.1 Å². The van der Waals surface area contributed by atoms with E-state index < -0.39 is 0 Å². The number of hydrogen-bond acceptors (Lipinski definition) is 3. The molecule has 0 unspecified atom stereocenters. The van der Waals surface area contributed by atoms with E-state index in [1.807, 2.05) is 24.3 Å². The van der Waals surface area contributed by atoms with Gasteiger partial charge in [0.15, 0.2) is 5.69 Å². The van der Waals surface area contributed by atoms with Gasteiger partial charge in [-0.3, -0.25) is 14.9 Å². The first kappa shape index (κ1) is 12.3. The smallest absolute Gasteiger partial charge is 0.276 e. The third kappa shape index (κ3) is 2.25. The van der Waals surface area contributed by atoms with Crippen molar-refractivity contribution in [2.45, 2.75) is 13.3 Å². The van der Waals surface area contributed by atoms with Crippen LogP contribution in [0.2, 0.25) is 0 Å². The summed E-state index contributed by atoms with van der Waals surface area (Å²) in [4.78, 5) is 16.2. The zero-order valence-electron chi connectivity index (χ0n) is 11.1. The first-order valence-electron chi connectivity index (χ1n) is 6.46. The molecule has 20 heavy (non-hydrogen) atoms. The Balaban J connectivity index is 1.85. The van der Waals surface area contributed by atoms with Gasteiger partial charge in [-0.2, -0.15) is 5.10 Å². The number of aromatic nitrogens is 3. The van der Waals surface area contributed by atoms with Crippen LogP contribution in [0.1, 0.15) is 23.0 Å². The Bertz CT molecular complexity index is 746. The zero-order valence-corrected chi connectivity index (χ0v) is 11.1. The minimum atomic E-state index is -0.242. The fourth-order valence-electron chi connectivity index (χ4n) is 2.04. The average Bonchev–Trinajstić information content (AvgIpc) is 2.92. The molecule has 2 N–H and O–H groups in total. The SMILES string of the molecule is CCc1ccc(NC(=O)c2n[nH]c3ccncc23)cc1. The van der Waals surface area contributed by atoms with E-state index in [9.17, 15) is 4.79 Å². The van der Waals surface area contributed by atoms with Crippen molar-refractivity contribution in [3.05, 3.63) is 54.0 Å². The Kier molecular flexibility index (Phi) is 3.16. The lowest BCUT2D eigenvalue weighted by Gasteiger charge is -2.04. The first-order chi connectivity index (χ1) is 9.78. The molecule has 0 bridgehead atoms. The van der Waals surface area contributed by atoms with Crippen molar-refractivity contribution in [1.29, 1.82) is 0 Å². The molecule has 1 aromatic carbocycles. The second kappa shape index (κ2) is 5.13. The van der Waals surface area contributed by atoms with Crippen molar-refractivity contribution in [3.8, 4) is 0 Å². The molecular formula is C15H14N4O. The number of anilines is 1. The van der Waals surface area contributed by atoms with E-state index in [-0.39, 0.29) is 5.91 Å². The van der Waals surface area contributed by atoms with Crippen molar-refractivity contribution in [2.75, 3.05) is 5.32 Å². The molecule has 0 saturated carbocycles. The van der Waals surface area contributed by atoms with Gasteiger partial charge in [0.2, 0.25) is 0 Å². The Labute approximate surface area is 116 Å². The largest absolute Gasteiger partial charge is 0.321 e. The molecule has 0 aliphatic rings. The maximum absolute atomic E-state index is 12.2. The third-order valence-electron chi connectivity index (χ3n) is 3.20. The zero-order chi connectivity index (χ0) is 13.9. The highest BCUT2D eigenvalue weighted by Crippen LogP contribution is 2.16. The van der Waals surface area contributed by atoms with Crippen molar-refractivity contribution in [1.82, 2.24) is 15.2 Å². The number of H-pyrrole nitrogens is 1. The highest BCUT2D eigenvalue weighted by atomic mass is 16.1. The van der Waals surface area contributed by atoms with Gasteiger partial charge in [0.05, 0.1) is 10.9 Å². The Morgan fingerprint density at radius 2 is 2.05 bits per heavy atom. The van der Waals surface area contributed by atoms with Crippen molar-refractivity contribution < 1.29 is 4.79 Å². The molecule has 2 heterocycles. The molecule has 5 heteroatoms. The van der Waals surface area contributed by atoms with E-state index in [1.54, 1.807) is 18.5 Å². The maximum atomic E-state index is 12.2. The second-order valence-electron chi connectivity index (χ2n) is 4.50. The summed E-state index contributed by atoms with van der Waals surface area (Å²) in [6, 6.07) is 9.57. The van der Waals surface area contributed by atoms with Gasteiger partial charge in [0.25, 0.3) is 5.91 Å². The predicted molar refractivity (Wildman–Crippen MR) is 77.7 cm³/mol. The van der Waals surface area contributed by atoms with E-state index in [4.69, 9.17) is 0 Å². The molecule has 0 aliphatic heterocycles. The molecule has 1 amide bonds. The van der Waals surface area contributed by atoms with Crippen LogP contribution in [0.5, 0.6) is 0 Å². The molecule has 2 aromatic heterocycles. The highest BCUT2D eigenvalue weighted by molar-refractivity contribution is 6.10. The number of pyridine rings is 1. The maximum Gasteiger partial charge on any atom is 0.276 e. The van der Waals surface area contributed by atoms with Gasteiger partial charge >= 0.3 is 0 Å². The van der Waals surface area contributed by atoms with Crippen molar-refractivity contribution >= 4 is 22.5 Å². The van der Waals surface area contributed by atoms with Crippen molar-refractivity contribution in [2.24, 2.45) is 0 Å². The van der Waals surface area contributed by atoms with Crippen LogP contribution in [0.25, 0.3) is 10.9 Å². The van der Waals surface area contributed by atoms with Gasteiger partial charge in [0.1, 0.15) is 0 Å². The fraction of sp³-hybridized carbons (Fsp3) is 0.133. The molecular weight excluding hydrogens is 252 g/mol. The summed E-state index contributed by atoms with van der Waals surface area (Å²) in [5.41, 5.74) is 3.14. The van der Waals surface area contributed by atoms with Gasteiger partial charge in [-0.1, -0.05) is 19.1 Å². The monoisotopic (exact) mass is 266 g/mol. The van der Waals surface area contributed by atoms with Crippen LogP contribution in [0.15, 0.2) is 42.7 Å². The second-order valence-corrected chi connectivity index (χ2v) is 4.50. The Hall–Kier alpha value is -2.69. The number of benzene rings is 1. The van der Waals surface area contributed by atoms with Gasteiger partial charge in [0, 0.05) is 18.1 Å². The topological polar surface area (TPSA) is 70.7 Å². The molecule has 5 nitrogen and oxygen atoms in total. The quantitative estimate of drug-likeness (QED) is 0.765. The van der Waals surface area contributed by atoms with Gasteiger partial charge < -0.3 is 5.32 Å². The number of nitrogens with one attached hydrogen (secondary N) is 2. The minimum Gasteiger partial charge on any atom is -0.321 e. The van der Waals surface area contributed by atoms with E-state index in [1.165, 1.54) is 5.56 Å². The number of aryl methyl sites for hydroxylation is 1. The lowest BCUT2D eigenvalue weighted by Crippen LogP contribution is -2.12. The van der Waals surface area contributed by atoms with Crippen LogP contribution in [0.3, 0.4) is 0 Å². The standard InChI is InChI=1S/C15H14N4O/c1-2-10-3-5-11(6-4-10)17-15(20)14-12-9-16-8-7-13(12)18-19-14/h3-9H,2H2,1H3,(H,17,20)(H,18,19). The molecule has 0 atom stereocenters. The van der Waals surface area contributed by atoms with Crippen molar-refractivity contribution in [3.63, 3.8) is 0 Å². The minimum absolute atomic E-state index is 0.242. The van der Waals surface area contributed by atoms with Gasteiger partial charge in [-0.05, 0) is 30.2 Å². The summed E-state index contributed by atoms with van der Waals surface area (Å²) in [5.74, 6) is -0.242. The normalized spacial score (nSPS) is 10.7. The van der Waals surface area contributed by atoms with E-state index in [0.29, 0.717) is 5.69 Å². The third-order valence-corrected chi connectivity index (χ3v) is 3.20. The number of fused-ring (bicyclic) bond motifs is 1. The van der Waals surface area contributed by atoms with Gasteiger partial charge in [-0.15, -0.1) is 0 Å². The summed E-state index contributed by atoms with van der Waals surface area (Å²) in [6.07, 6.45) is 4.27. The molecule has 0 aliphatic carbocycles. The molecule has 0 saturated heterocycles. The average molecular weight is 266 g/mol. The van der Waals surface area contributed by atoms with E-state index >= 15 is 0 Å². The lowest BCUT2D eigenvalue weighted by molar-refractivity contribution is 0.102. The molecule has 0 spiro atoms. The first-order valence-corrected chi connectivity index (χ1v) is 6.46. The number of hydrogen-bond donors (Lipinski definition) is 2. The van der Waals surface area contributed by atoms with E-state index in [0.717, 1.165) is 23.0 Å². The number of rotatable bonds is 3. The molecule has 100 valence electrons. The summed E-state index contributed by atoms with van der Waals surface area (Å²) in [6.45, 7) is 2.09.